The van der Waals surface area contributed by atoms with Crippen LogP contribution in [-0.4, -0.2) is 75.9 Å². The number of ether oxygens (including phenoxy) is 1. The number of hydrogen-bond acceptors (Lipinski definition) is 8. The molecular weight excluding hydrogens is 1040 g/mol. The predicted octanol–water partition coefficient (Wildman–Crippen LogP) is 15.2. The van der Waals surface area contributed by atoms with Gasteiger partial charge >= 0.3 is 5.97 Å². The highest BCUT2D eigenvalue weighted by Crippen LogP contribution is 2.67. The Hall–Kier alpha value is -3.80. The van der Waals surface area contributed by atoms with E-state index in [-0.39, 0.29) is 51.7 Å². The standard InChI is InChI=1S/C26H40N2O2.C24H38N2O.C23H36N2O2/c1-18-8-10-26(5,21(14-18)16-30-20(3)29)24-9-11-25(4)19(2)6-7-23(25)22(24)15-28-13-12-27-17-28;1-17-7-9-24(4,19(13-17)15-27)22-8-10-23(3)18(2)5-6-21(23)20(22)14-26-12-11-25-16-26;1-16-4-5-20-19(13-25-11-10-24-15-25)21(7-9-22(16,20)2)23(3)8-6-18(27)12-17(23)14-26/h12-13,17-18,21-24H,2,6-11,14-16H2,1,3-5H3;11-12,16-17,19-22,27H,2,5-10,13-15H2,1,3-4H3;10-11,15,17-21,26-27H,1,4-9,12-14H2,2-3H3/t18-,21+,22-,23?,24?,25+,26-;17-,19+,20-,21?,22?,23+,24-;17-,18+,19+,20?,21?,22-,23+/m001/s1. The maximum absolute atomic E-state index is 11.6. The van der Waals surface area contributed by atoms with E-state index in [1.165, 1.54) is 126 Å². The molecule has 9 aliphatic rings. The largest absolute Gasteiger partial charge is 0.466 e. The Balaban J connectivity index is 0.000000141. The number of hydrogen-bond donors (Lipinski definition) is 3. The van der Waals surface area contributed by atoms with Crippen molar-refractivity contribution in [2.75, 3.05) is 19.8 Å². The van der Waals surface area contributed by atoms with Crippen LogP contribution in [-0.2, 0) is 29.2 Å². The van der Waals surface area contributed by atoms with Crippen molar-refractivity contribution in [3.05, 3.63) is 92.6 Å². The van der Waals surface area contributed by atoms with Gasteiger partial charge in [-0.05, 0) is 237 Å². The van der Waals surface area contributed by atoms with E-state index < -0.39 is 0 Å². The molecule has 0 spiro atoms. The van der Waals surface area contributed by atoms with E-state index in [2.05, 4.69) is 122 Å². The smallest absolute Gasteiger partial charge is 0.302 e. The summed E-state index contributed by atoms with van der Waals surface area (Å²) in [6.45, 7) is 38.8. The van der Waals surface area contributed by atoms with Crippen molar-refractivity contribution in [2.45, 2.75) is 223 Å². The predicted molar refractivity (Wildman–Crippen MR) is 337 cm³/mol. The molecule has 0 aromatic carbocycles. The van der Waals surface area contributed by atoms with Gasteiger partial charge in [-0.15, -0.1) is 0 Å². The summed E-state index contributed by atoms with van der Waals surface area (Å²) < 4.78 is 12.5. The third-order valence-corrected chi connectivity index (χ3v) is 27.7. The van der Waals surface area contributed by atoms with Gasteiger partial charge in [-0.25, -0.2) is 15.0 Å². The number of allylic oxidation sites excluding steroid dienone is 3. The molecule has 12 rings (SSSR count). The maximum Gasteiger partial charge on any atom is 0.302 e. The summed E-state index contributed by atoms with van der Waals surface area (Å²) in [7, 11) is 0. The van der Waals surface area contributed by atoms with Gasteiger partial charge in [0, 0.05) is 77.0 Å². The van der Waals surface area contributed by atoms with Crippen molar-refractivity contribution in [1.82, 2.24) is 28.7 Å². The summed E-state index contributed by atoms with van der Waals surface area (Å²) in [5.41, 5.74) is 5.86. The second kappa shape index (κ2) is 25.4. The average Bonchev–Trinajstić information content (AvgIpc) is 1.46. The van der Waals surface area contributed by atoms with Gasteiger partial charge < -0.3 is 33.8 Å². The molecule has 6 unspecified atom stereocenters. The van der Waals surface area contributed by atoms with E-state index in [0.29, 0.717) is 83.7 Å². The zero-order valence-corrected chi connectivity index (χ0v) is 53.9. The van der Waals surface area contributed by atoms with Gasteiger partial charge in [0.25, 0.3) is 0 Å². The molecular formula is C73H114N6O5. The zero-order valence-electron chi connectivity index (χ0n) is 53.9. The number of aromatic nitrogens is 6. The number of fused-ring (bicyclic) bond motifs is 3. The summed E-state index contributed by atoms with van der Waals surface area (Å²) >= 11 is 0. The monoisotopic (exact) mass is 1150 g/mol. The van der Waals surface area contributed by atoms with Gasteiger partial charge in [0.15, 0.2) is 0 Å². The summed E-state index contributed by atoms with van der Waals surface area (Å²) in [5, 5.41) is 30.6. The summed E-state index contributed by atoms with van der Waals surface area (Å²) in [5.74, 6) is 8.27. The van der Waals surface area contributed by atoms with Crippen molar-refractivity contribution >= 4 is 5.97 Å². The first kappa shape index (κ1) is 63.2. The lowest BCUT2D eigenvalue weighted by atomic mass is 9.49. The number of aliphatic hydroxyl groups excluding tert-OH is 3. The Morgan fingerprint density at radius 3 is 1.20 bits per heavy atom. The van der Waals surface area contributed by atoms with Crippen LogP contribution in [0.5, 0.6) is 0 Å². The Labute approximate surface area is 507 Å². The van der Waals surface area contributed by atoms with Crippen molar-refractivity contribution in [3.8, 4) is 0 Å². The molecule has 0 amide bonds. The van der Waals surface area contributed by atoms with Crippen molar-refractivity contribution < 1.29 is 24.9 Å². The fraction of sp³-hybridized carbons (Fsp3) is 0.781. The van der Waals surface area contributed by atoms with Crippen LogP contribution >= 0.6 is 0 Å². The highest BCUT2D eigenvalue weighted by Gasteiger charge is 2.60. The van der Waals surface area contributed by atoms with Crippen molar-refractivity contribution in [2.24, 2.45) is 115 Å². The van der Waals surface area contributed by atoms with Gasteiger partial charge in [0.1, 0.15) is 0 Å². The summed E-state index contributed by atoms with van der Waals surface area (Å²) in [6.07, 6.45) is 42.7. The molecule has 11 heteroatoms. The number of carbonyl (C=O) groups is 1. The topological polar surface area (TPSA) is 140 Å². The lowest BCUT2D eigenvalue weighted by Gasteiger charge is -2.57. The SMILES string of the molecule is C=C1CCC2[C@H](Cn3ccnc3)C([C@@]3(C)CC[C@H](C)C[C@@H]3CO)CC[C@]12C.C=C1CCC2[C@H](Cn3ccnc3)C([C@@]3(C)CC[C@H](C)C[C@@H]3COC(C)=O)CC[C@]12C.C=C1CCC2[C@H](Cn3ccnc3)C([C@@]3(C)CC[C@H](O)C[C@@H]3CO)CC[C@]12C. The van der Waals surface area contributed by atoms with Gasteiger partial charge in [0.2, 0.25) is 0 Å². The van der Waals surface area contributed by atoms with Crippen LogP contribution in [0.4, 0.5) is 0 Å². The third kappa shape index (κ3) is 12.0. The molecule has 0 aliphatic heterocycles. The summed E-state index contributed by atoms with van der Waals surface area (Å²) in [6, 6.07) is 0. The molecule has 3 heterocycles. The molecule has 0 radical (unpaired) electrons. The quantitative estimate of drug-likeness (QED) is 0.114. The molecule has 3 aromatic rings. The van der Waals surface area contributed by atoms with Crippen LogP contribution in [0, 0.1) is 115 Å². The number of carbonyl (C=O) groups excluding carboxylic acids is 1. The summed E-state index contributed by atoms with van der Waals surface area (Å²) in [4.78, 5) is 24.5. The minimum Gasteiger partial charge on any atom is -0.466 e. The molecule has 466 valence electrons. The van der Waals surface area contributed by atoms with E-state index in [9.17, 15) is 20.1 Å². The second-order valence-corrected chi connectivity index (χ2v) is 31.7. The highest BCUT2D eigenvalue weighted by molar-refractivity contribution is 5.65. The molecule has 0 bridgehead atoms. The molecule has 0 saturated heterocycles. The number of nitrogens with zero attached hydrogens (tertiary/aromatic N) is 6. The number of rotatable bonds is 13. The molecule has 21 atom stereocenters. The minimum atomic E-state index is -0.248. The Morgan fingerprint density at radius 2 is 0.857 bits per heavy atom. The van der Waals surface area contributed by atoms with Gasteiger partial charge in [-0.3, -0.25) is 4.79 Å². The minimum absolute atomic E-state index is 0.102. The fourth-order valence-corrected chi connectivity index (χ4v) is 21.9. The maximum atomic E-state index is 11.6. The number of aliphatic hydroxyl groups is 3. The first-order chi connectivity index (χ1) is 40.0. The van der Waals surface area contributed by atoms with Crippen molar-refractivity contribution in [1.29, 1.82) is 0 Å². The van der Waals surface area contributed by atoms with E-state index in [4.69, 9.17) is 4.74 Å². The van der Waals surface area contributed by atoms with Crippen LogP contribution in [0.2, 0.25) is 0 Å². The Kier molecular flexibility index (Phi) is 19.1. The molecule has 9 saturated carbocycles. The molecule has 84 heavy (non-hydrogen) atoms. The van der Waals surface area contributed by atoms with E-state index >= 15 is 0 Å². The fourth-order valence-electron chi connectivity index (χ4n) is 21.9. The van der Waals surface area contributed by atoms with E-state index in [1.54, 1.807) is 6.92 Å². The van der Waals surface area contributed by atoms with Crippen LogP contribution in [0.3, 0.4) is 0 Å². The first-order valence-electron chi connectivity index (χ1n) is 34.0. The molecule has 11 nitrogen and oxygen atoms in total. The van der Waals surface area contributed by atoms with Gasteiger partial charge in [0.05, 0.1) is 31.7 Å². The van der Waals surface area contributed by atoms with Crippen LogP contribution in [0.1, 0.15) is 197 Å². The zero-order chi connectivity index (χ0) is 60.0. The first-order valence-corrected chi connectivity index (χ1v) is 34.0. The normalized spacial score (nSPS) is 43.8. The Morgan fingerprint density at radius 1 is 0.512 bits per heavy atom. The Bertz CT molecular complexity index is 2570. The lowest BCUT2D eigenvalue weighted by Crippen LogP contribution is -2.52. The highest BCUT2D eigenvalue weighted by atomic mass is 16.5. The molecule has 3 aromatic heterocycles. The van der Waals surface area contributed by atoms with E-state index in [1.807, 2.05) is 37.6 Å². The van der Waals surface area contributed by atoms with Gasteiger partial charge in [-0.1, -0.05) is 105 Å². The molecule has 9 fully saturated rings. The number of esters is 1. The number of imidazole rings is 3. The van der Waals surface area contributed by atoms with Gasteiger partial charge in [-0.2, -0.15) is 0 Å². The lowest BCUT2D eigenvalue weighted by molar-refractivity contribution is -0.148. The van der Waals surface area contributed by atoms with Crippen LogP contribution < -0.4 is 0 Å². The average molecular weight is 1160 g/mol. The van der Waals surface area contributed by atoms with Crippen LogP contribution in [0.25, 0.3) is 0 Å². The van der Waals surface area contributed by atoms with E-state index in [0.717, 1.165) is 57.2 Å². The van der Waals surface area contributed by atoms with Crippen LogP contribution in [0.15, 0.2) is 92.6 Å². The molecule has 3 N–H and O–H groups in total. The second-order valence-electron chi connectivity index (χ2n) is 31.7. The van der Waals surface area contributed by atoms with Crippen molar-refractivity contribution in [3.63, 3.8) is 0 Å². The molecule has 9 aliphatic carbocycles. The third-order valence-electron chi connectivity index (χ3n) is 27.7.